The molecular formula is C43H56F2N10O10. The standard InChI is InChI=1S/C43H56F2N10O10/c1-65-36-5-3-30(2-4-31-23-47-9-6-34(31)42(64)48-24-37(56)55-29-43(44,45)21-33(55)22-46)20-35(36)49-32-7-10-54(11-8-32)38(57)25-50-12-14-51(26-39(58)59)16-18-53(28-41(62)63)19-17-52(15-13-50)27-40(60)61/h2-6,9,20,23,32-33,49H,7-8,10-19,21,24-29H2,1H3,(H,48,64)(H,58,59)(H,60,61)(H,62,63)/b4-2+/t33-/m0/s1. The number of aromatic nitrogens is 1. The van der Waals surface area contributed by atoms with Crippen LogP contribution in [0.1, 0.15) is 40.7 Å². The van der Waals surface area contributed by atoms with Gasteiger partial charge in [0.1, 0.15) is 11.8 Å². The van der Waals surface area contributed by atoms with E-state index in [0.717, 1.165) is 10.5 Å². The number of halogens is 2. The van der Waals surface area contributed by atoms with Crippen molar-refractivity contribution in [3.8, 4) is 11.8 Å². The molecule has 1 aromatic heterocycles. The number of amides is 3. The molecule has 3 aliphatic rings. The first-order chi connectivity index (χ1) is 31.0. The number of carboxylic acids is 3. The quantitative estimate of drug-likeness (QED) is 0.155. The summed E-state index contributed by atoms with van der Waals surface area (Å²) < 4.78 is 33.3. The van der Waals surface area contributed by atoms with Gasteiger partial charge in [-0.15, -0.1) is 0 Å². The number of rotatable bonds is 16. The minimum atomic E-state index is -3.18. The van der Waals surface area contributed by atoms with Crippen LogP contribution in [0.25, 0.3) is 12.2 Å². The van der Waals surface area contributed by atoms with Crippen molar-refractivity contribution in [2.75, 3.05) is 117 Å². The molecular weight excluding hydrogens is 855 g/mol. The summed E-state index contributed by atoms with van der Waals surface area (Å²) in [4.78, 5) is 88.0. The van der Waals surface area contributed by atoms with Gasteiger partial charge in [0, 0.05) is 101 Å². The smallest absolute Gasteiger partial charge is 0.317 e. The van der Waals surface area contributed by atoms with E-state index in [1.165, 1.54) is 18.5 Å². The van der Waals surface area contributed by atoms with E-state index in [0.29, 0.717) is 69.1 Å². The van der Waals surface area contributed by atoms with Gasteiger partial charge in [-0.3, -0.25) is 53.4 Å². The Kier molecular flexibility index (Phi) is 18.0. The fraction of sp³-hybridized carbons (Fsp3) is 0.535. The number of aliphatic carboxylic acids is 3. The van der Waals surface area contributed by atoms with Gasteiger partial charge in [-0.05, 0) is 36.6 Å². The number of pyridine rings is 1. The average Bonchev–Trinajstić information content (AvgIpc) is 3.59. The van der Waals surface area contributed by atoms with E-state index in [4.69, 9.17) is 4.74 Å². The van der Waals surface area contributed by atoms with Gasteiger partial charge in [0.05, 0.1) is 58.1 Å². The van der Waals surface area contributed by atoms with Crippen molar-refractivity contribution >= 4 is 53.5 Å². The summed E-state index contributed by atoms with van der Waals surface area (Å²) in [5, 5.41) is 43.7. The van der Waals surface area contributed by atoms with Gasteiger partial charge in [0.2, 0.25) is 11.8 Å². The molecule has 352 valence electrons. The zero-order chi connectivity index (χ0) is 47.1. The predicted octanol–water partition coefficient (Wildman–Crippen LogP) is 0.628. The maximum Gasteiger partial charge on any atom is 0.317 e. The second-order valence-corrected chi connectivity index (χ2v) is 16.3. The van der Waals surface area contributed by atoms with E-state index in [9.17, 15) is 58.1 Å². The molecule has 3 aliphatic heterocycles. The fourth-order valence-electron chi connectivity index (χ4n) is 7.99. The number of methoxy groups -OCH3 is 1. The molecule has 5 rings (SSSR count). The zero-order valence-electron chi connectivity index (χ0n) is 36.2. The first kappa shape index (κ1) is 49.7. The Morgan fingerprint density at radius 1 is 0.815 bits per heavy atom. The highest BCUT2D eigenvalue weighted by Gasteiger charge is 2.47. The Morgan fingerprint density at radius 2 is 1.37 bits per heavy atom. The number of anilines is 1. The number of nitrogens with zero attached hydrogens (tertiary/aromatic N) is 8. The maximum atomic E-state index is 13.9. The lowest BCUT2D eigenvalue weighted by Crippen LogP contribution is -2.51. The van der Waals surface area contributed by atoms with Crippen molar-refractivity contribution in [2.45, 2.75) is 37.3 Å². The van der Waals surface area contributed by atoms with E-state index in [1.54, 1.807) is 51.0 Å². The minimum absolute atomic E-state index is 0.0183. The number of nitriles is 1. The van der Waals surface area contributed by atoms with Crippen LogP contribution in [-0.2, 0) is 24.0 Å². The van der Waals surface area contributed by atoms with Gasteiger partial charge in [-0.25, -0.2) is 8.78 Å². The summed E-state index contributed by atoms with van der Waals surface area (Å²) in [6.07, 6.45) is 6.80. The number of carbonyl (C=O) groups is 6. The second kappa shape index (κ2) is 23.6. The Hall–Kier alpha value is -6.28. The van der Waals surface area contributed by atoms with Crippen LogP contribution in [0.4, 0.5) is 14.5 Å². The molecule has 3 amide bonds. The number of alkyl halides is 2. The number of carbonyl (C=O) groups excluding carboxylic acids is 3. The molecule has 0 bridgehead atoms. The Balaban J connectivity index is 1.17. The SMILES string of the molecule is COc1ccc(/C=C/c2cnccc2C(=O)NCC(=O)N2CC(F)(F)C[C@H]2C#N)cc1NC1CCN(C(=O)CN2CCN(CC(=O)O)CCN(CC(=O)O)CCN(CC(=O)O)CC2)CC1. The van der Waals surface area contributed by atoms with Gasteiger partial charge in [-0.2, -0.15) is 5.26 Å². The monoisotopic (exact) mass is 910 g/mol. The van der Waals surface area contributed by atoms with Crippen LogP contribution in [0.5, 0.6) is 5.75 Å². The molecule has 4 heterocycles. The number of piperidine rings is 1. The Bertz CT molecular complexity index is 2060. The maximum absolute atomic E-state index is 13.9. The van der Waals surface area contributed by atoms with Crippen molar-refractivity contribution in [3.05, 3.63) is 53.3 Å². The molecule has 0 unspecified atom stereocenters. The number of likely N-dealkylation sites (tertiary alicyclic amines) is 2. The highest BCUT2D eigenvalue weighted by Crippen LogP contribution is 2.32. The summed E-state index contributed by atoms with van der Waals surface area (Å²) >= 11 is 0. The molecule has 0 radical (unpaired) electrons. The van der Waals surface area contributed by atoms with E-state index in [-0.39, 0.29) is 69.9 Å². The minimum Gasteiger partial charge on any atom is -0.495 e. The third-order valence-electron chi connectivity index (χ3n) is 11.5. The van der Waals surface area contributed by atoms with E-state index in [1.807, 2.05) is 17.0 Å². The summed E-state index contributed by atoms with van der Waals surface area (Å²) in [6.45, 7) is 1.14. The first-order valence-corrected chi connectivity index (χ1v) is 21.3. The van der Waals surface area contributed by atoms with Crippen molar-refractivity contribution in [1.82, 2.24) is 39.7 Å². The zero-order valence-corrected chi connectivity index (χ0v) is 36.2. The Labute approximate surface area is 375 Å². The molecule has 22 heteroatoms. The van der Waals surface area contributed by atoms with Crippen molar-refractivity contribution < 1.29 is 57.6 Å². The van der Waals surface area contributed by atoms with Crippen molar-refractivity contribution in [2.24, 2.45) is 0 Å². The topological polar surface area (TPSA) is 253 Å². The molecule has 1 aromatic carbocycles. The predicted molar refractivity (Wildman–Crippen MR) is 231 cm³/mol. The van der Waals surface area contributed by atoms with Crippen LogP contribution in [0.15, 0.2) is 36.7 Å². The van der Waals surface area contributed by atoms with Crippen LogP contribution >= 0.6 is 0 Å². The summed E-state index contributed by atoms with van der Waals surface area (Å²) in [5.74, 6) is -7.22. The van der Waals surface area contributed by atoms with E-state index < -0.39 is 61.2 Å². The molecule has 1 atom stereocenters. The lowest BCUT2D eigenvalue weighted by Gasteiger charge is -2.36. The molecule has 3 saturated heterocycles. The molecule has 65 heavy (non-hydrogen) atoms. The van der Waals surface area contributed by atoms with Crippen LogP contribution in [0, 0.1) is 11.3 Å². The molecule has 20 nitrogen and oxygen atoms in total. The number of carboxylic acid groups (broad SMARTS) is 3. The Morgan fingerprint density at radius 3 is 1.89 bits per heavy atom. The molecule has 5 N–H and O–H groups in total. The van der Waals surface area contributed by atoms with Gasteiger partial charge in [-0.1, -0.05) is 18.2 Å². The van der Waals surface area contributed by atoms with Gasteiger partial charge >= 0.3 is 17.9 Å². The van der Waals surface area contributed by atoms with Gasteiger partial charge in [0.25, 0.3) is 11.8 Å². The number of ether oxygens (including phenoxy) is 1. The molecule has 0 aliphatic carbocycles. The third kappa shape index (κ3) is 15.4. The largest absolute Gasteiger partial charge is 0.495 e. The average molecular weight is 911 g/mol. The van der Waals surface area contributed by atoms with Crippen LogP contribution in [0.3, 0.4) is 0 Å². The summed E-state index contributed by atoms with van der Waals surface area (Å²) in [7, 11) is 1.55. The molecule has 0 saturated carbocycles. The van der Waals surface area contributed by atoms with E-state index in [2.05, 4.69) is 15.6 Å². The number of nitrogens with one attached hydrogen (secondary N) is 2. The van der Waals surface area contributed by atoms with Crippen LogP contribution in [-0.4, -0.2) is 215 Å². The normalized spacial score (nSPS) is 19.8. The summed E-state index contributed by atoms with van der Waals surface area (Å²) in [5.41, 5.74) is 2.06. The van der Waals surface area contributed by atoms with Gasteiger partial charge in [0.15, 0.2) is 0 Å². The van der Waals surface area contributed by atoms with Gasteiger partial charge < -0.3 is 40.5 Å². The highest BCUT2D eigenvalue weighted by molar-refractivity contribution is 6.00. The third-order valence-corrected chi connectivity index (χ3v) is 11.5. The molecule has 0 spiro atoms. The van der Waals surface area contributed by atoms with Crippen LogP contribution < -0.4 is 15.4 Å². The second-order valence-electron chi connectivity index (χ2n) is 16.3. The molecule has 3 fully saturated rings. The first-order valence-electron chi connectivity index (χ1n) is 21.3. The summed E-state index contributed by atoms with van der Waals surface area (Å²) in [6, 6.07) is 7.37. The fourth-order valence-corrected chi connectivity index (χ4v) is 7.99. The van der Waals surface area contributed by atoms with Crippen molar-refractivity contribution in [3.63, 3.8) is 0 Å². The van der Waals surface area contributed by atoms with Crippen molar-refractivity contribution in [1.29, 1.82) is 5.26 Å². The number of hydrogen-bond donors (Lipinski definition) is 5. The lowest BCUT2D eigenvalue weighted by atomic mass is 10.0. The number of hydrogen-bond acceptors (Lipinski definition) is 14. The van der Waals surface area contributed by atoms with E-state index >= 15 is 0 Å². The lowest BCUT2D eigenvalue weighted by molar-refractivity contribution is -0.140. The van der Waals surface area contributed by atoms with Crippen LogP contribution in [0.2, 0.25) is 0 Å². The number of benzene rings is 1. The highest BCUT2D eigenvalue weighted by atomic mass is 19.3. The molecule has 2 aromatic rings.